The van der Waals surface area contributed by atoms with Gasteiger partial charge in [0.15, 0.2) is 0 Å². The summed E-state index contributed by atoms with van der Waals surface area (Å²) in [5, 5.41) is 23.2. The Labute approximate surface area is 187 Å². The number of nitrogens with zero attached hydrogens (tertiary/aromatic N) is 8. The summed E-state index contributed by atoms with van der Waals surface area (Å²) in [6.07, 6.45) is 15.1. The molecule has 0 aliphatic carbocycles. The van der Waals surface area contributed by atoms with Crippen molar-refractivity contribution in [3.05, 3.63) is 50.6 Å². The van der Waals surface area contributed by atoms with Gasteiger partial charge in [-0.2, -0.15) is 0 Å². The van der Waals surface area contributed by atoms with Gasteiger partial charge in [-0.05, 0) is 50.6 Å². The van der Waals surface area contributed by atoms with Crippen LogP contribution in [0.2, 0.25) is 0 Å². The second-order valence-electron chi connectivity index (χ2n) is 2.40. The van der Waals surface area contributed by atoms with Crippen LogP contribution in [-0.2, 0) is 52.4 Å². The first kappa shape index (κ1) is 30.8. The molecule has 24 heavy (non-hydrogen) atoms. The maximum Gasteiger partial charge on any atom is 2.00 e. The summed E-state index contributed by atoms with van der Waals surface area (Å²) in [4.78, 5) is 13.7. The van der Waals surface area contributed by atoms with Gasteiger partial charge in [-0.1, -0.05) is 0 Å². The minimum atomic E-state index is 0. The van der Waals surface area contributed by atoms with Gasteiger partial charge < -0.3 is 65.1 Å². The van der Waals surface area contributed by atoms with E-state index in [-0.39, 0.29) is 77.2 Å². The van der Waals surface area contributed by atoms with E-state index in [1.54, 1.807) is 0 Å². The molecule has 0 radical (unpaired) electrons. The van der Waals surface area contributed by atoms with Crippen LogP contribution >= 0.6 is 0 Å². The van der Waals surface area contributed by atoms with Gasteiger partial charge in [0.05, 0.1) is 0 Å². The molecule has 0 spiro atoms. The molecule has 0 aliphatic rings. The molecule has 12 nitrogen and oxygen atoms in total. The van der Waals surface area contributed by atoms with Crippen molar-refractivity contribution in [1.29, 1.82) is 0 Å². The summed E-state index contributed by atoms with van der Waals surface area (Å²) in [5.41, 5.74) is 0. The SMILES string of the molecule is [Cl-].[Cl-].[Zr+2].[Zr+2].[c-]1nc[nH]n1.[c-]1nc[nH]n1.[c-]1nc[nH]n1.[c-]1nc[nH]n1. The van der Waals surface area contributed by atoms with E-state index in [9.17, 15) is 0 Å². The van der Waals surface area contributed by atoms with Crippen LogP contribution in [0.25, 0.3) is 0 Å². The molecule has 4 aromatic heterocycles. The molecule has 16 heteroatoms. The van der Waals surface area contributed by atoms with E-state index in [4.69, 9.17) is 0 Å². The molecule has 0 aromatic carbocycles. The number of halogens is 2. The predicted molar refractivity (Wildman–Crippen MR) is 60.9 cm³/mol. The van der Waals surface area contributed by atoms with Gasteiger partial charge in [0.1, 0.15) is 0 Å². The van der Waals surface area contributed by atoms with E-state index in [0.717, 1.165) is 0 Å². The molecule has 0 aliphatic heterocycles. The van der Waals surface area contributed by atoms with E-state index >= 15 is 0 Å². The summed E-state index contributed by atoms with van der Waals surface area (Å²) in [6, 6.07) is 0. The molecule has 0 amide bonds. The minimum absolute atomic E-state index is 0. The molecule has 0 bridgehead atoms. The number of H-pyrrole nitrogens is 4. The smallest absolute Gasteiger partial charge is 1.00 e. The van der Waals surface area contributed by atoms with E-state index in [2.05, 4.69) is 86.0 Å². The number of aromatic amines is 4. The summed E-state index contributed by atoms with van der Waals surface area (Å²) in [5.74, 6) is 0. The average molecular weight is 526 g/mol. The molecule has 0 saturated carbocycles. The first-order chi connectivity index (χ1) is 10.0. The summed E-state index contributed by atoms with van der Waals surface area (Å²) in [6.45, 7) is 0. The Bertz CT molecular complexity index is 370. The first-order valence-corrected chi connectivity index (χ1v) is 4.87. The molecule has 4 rings (SSSR count). The Morgan fingerprint density at radius 3 is 0.708 bits per heavy atom. The number of nitrogens with one attached hydrogen (secondary N) is 4. The molecule has 4 N–H and O–H groups in total. The molecule has 4 aromatic rings. The molecular formula is C8H8Cl2N12Zr2-2. The molecule has 124 valence electrons. The Morgan fingerprint density at radius 2 is 0.667 bits per heavy atom. The molecular weight excluding hydrogens is 518 g/mol. The zero-order valence-electron chi connectivity index (χ0n) is 11.6. The van der Waals surface area contributed by atoms with Crippen LogP contribution in [0.15, 0.2) is 25.3 Å². The minimum Gasteiger partial charge on any atom is -1.00 e. The number of aromatic nitrogens is 12. The third-order valence-electron chi connectivity index (χ3n) is 1.18. The van der Waals surface area contributed by atoms with Crippen LogP contribution in [0.3, 0.4) is 0 Å². The standard InChI is InChI=1S/4C2H2N3.2ClH.2Zr/c4*1-3-2-5-4-1;;;;/h4*1H,(H,3,4,5);2*1H;;/q4*-1;;;2*+2/p-2. The second-order valence-corrected chi connectivity index (χ2v) is 2.40. The second kappa shape index (κ2) is 26.8. The van der Waals surface area contributed by atoms with Crippen molar-refractivity contribution >= 4 is 0 Å². The topological polar surface area (TPSA) is 166 Å². The maximum absolute atomic E-state index is 3.43. The number of rotatable bonds is 0. The Morgan fingerprint density at radius 1 is 0.458 bits per heavy atom. The van der Waals surface area contributed by atoms with Gasteiger partial charge in [0, 0.05) is 0 Å². The van der Waals surface area contributed by atoms with E-state index in [0.29, 0.717) is 0 Å². The van der Waals surface area contributed by atoms with Gasteiger partial charge in [0.2, 0.25) is 0 Å². The van der Waals surface area contributed by atoms with Crippen molar-refractivity contribution in [1.82, 2.24) is 60.7 Å². The Hall–Kier alpha value is -1.09. The van der Waals surface area contributed by atoms with Crippen LogP contribution in [0.1, 0.15) is 0 Å². The molecule has 0 saturated heterocycles. The predicted octanol–water partition coefficient (Wildman–Crippen LogP) is -7.58. The van der Waals surface area contributed by atoms with Gasteiger partial charge in [0.25, 0.3) is 0 Å². The average Bonchev–Trinajstić information content (AvgIpc) is 3.40. The van der Waals surface area contributed by atoms with Gasteiger partial charge in [-0.3, -0.25) is 20.4 Å². The van der Waals surface area contributed by atoms with Gasteiger partial charge in [-0.25, -0.2) is 0 Å². The molecule has 0 unspecified atom stereocenters. The fraction of sp³-hybridized carbons (Fsp3) is 0. The van der Waals surface area contributed by atoms with Gasteiger partial charge >= 0.3 is 52.4 Å². The molecule has 0 atom stereocenters. The fourth-order valence-electron chi connectivity index (χ4n) is 0.577. The third-order valence-corrected chi connectivity index (χ3v) is 1.18. The summed E-state index contributed by atoms with van der Waals surface area (Å²) >= 11 is 0. The first-order valence-electron chi connectivity index (χ1n) is 4.87. The van der Waals surface area contributed by atoms with Crippen molar-refractivity contribution < 1.29 is 77.2 Å². The van der Waals surface area contributed by atoms with Crippen molar-refractivity contribution in [2.75, 3.05) is 0 Å². The quantitative estimate of drug-likeness (QED) is 0.164. The fourth-order valence-corrected chi connectivity index (χ4v) is 0.577. The van der Waals surface area contributed by atoms with Crippen LogP contribution in [0.4, 0.5) is 0 Å². The van der Waals surface area contributed by atoms with Crippen LogP contribution in [-0.4, -0.2) is 60.7 Å². The summed E-state index contributed by atoms with van der Waals surface area (Å²) < 4.78 is 0. The van der Waals surface area contributed by atoms with Crippen LogP contribution in [0.5, 0.6) is 0 Å². The summed E-state index contributed by atoms with van der Waals surface area (Å²) in [7, 11) is 0. The largest absolute Gasteiger partial charge is 2.00 e. The van der Waals surface area contributed by atoms with Crippen LogP contribution < -0.4 is 24.8 Å². The zero-order chi connectivity index (χ0) is 14.1. The Kier molecular flexibility index (Phi) is 34.3. The van der Waals surface area contributed by atoms with Crippen molar-refractivity contribution in [2.45, 2.75) is 0 Å². The zero-order valence-corrected chi connectivity index (χ0v) is 18.1. The molecule has 4 heterocycles. The van der Waals surface area contributed by atoms with Crippen molar-refractivity contribution in [3.8, 4) is 0 Å². The number of hydrogen-bond acceptors (Lipinski definition) is 8. The Balaban J connectivity index is -0.000000105. The monoisotopic (exact) mass is 522 g/mol. The normalized spacial score (nSPS) is 6.67. The van der Waals surface area contributed by atoms with Gasteiger partial charge in [-0.15, -0.1) is 0 Å². The van der Waals surface area contributed by atoms with Crippen molar-refractivity contribution in [2.24, 2.45) is 0 Å². The maximum atomic E-state index is 3.43. The van der Waals surface area contributed by atoms with Crippen molar-refractivity contribution in [3.63, 3.8) is 0 Å². The van der Waals surface area contributed by atoms with E-state index in [1.807, 2.05) is 0 Å². The van der Waals surface area contributed by atoms with Crippen LogP contribution in [0, 0.1) is 25.3 Å². The van der Waals surface area contributed by atoms with E-state index in [1.165, 1.54) is 25.3 Å². The van der Waals surface area contributed by atoms with E-state index < -0.39 is 0 Å². The number of hydrogen-bond donors (Lipinski definition) is 4. The molecule has 0 fully saturated rings. The third kappa shape index (κ3) is 23.2.